The van der Waals surface area contributed by atoms with Crippen LogP contribution in [0.5, 0.6) is 0 Å². The van der Waals surface area contributed by atoms with Gasteiger partial charge in [-0.1, -0.05) is 6.07 Å². The standard InChI is InChI=1S/C15H22N4O3/c1-10-4-2-6-13(18-10)17-9-11-5-3-7-19(11)15(22)12(16)8-14(20)21/h2,4,6,11-12H,3,5,7-9,16H2,1H3,(H,17,18)(H,20,21)/t11?,12-/m0/s1. The van der Waals surface area contributed by atoms with Gasteiger partial charge in [0.25, 0.3) is 0 Å². The monoisotopic (exact) mass is 306 g/mol. The number of rotatable bonds is 6. The Bertz CT molecular complexity index is 549. The third-order valence-corrected chi connectivity index (χ3v) is 3.78. The van der Waals surface area contributed by atoms with Crippen LogP contribution < -0.4 is 11.1 Å². The van der Waals surface area contributed by atoms with Crippen LogP contribution in [0.25, 0.3) is 0 Å². The van der Waals surface area contributed by atoms with Crippen LogP contribution in [0.4, 0.5) is 5.82 Å². The van der Waals surface area contributed by atoms with Crippen molar-refractivity contribution in [1.29, 1.82) is 0 Å². The smallest absolute Gasteiger partial charge is 0.305 e. The number of hydrogen-bond acceptors (Lipinski definition) is 5. The fraction of sp³-hybridized carbons (Fsp3) is 0.533. The summed E-state index contributed by atoms with van der Waals surface area (Å²) in [4.78, 5) is 29.0. The zero-order valence-electron chi connectivity index (χ0n) is 12.7. The van der Waals surface area contributed by atoms with E-state index in [4.69, 9.17) is 10.8 Å². The lowest BCUT2D eigenvalue weighted by Gasteiger charge is -2.27. The first-order valence-corrected chi connectivity index (χ1v) is 7.42. The van der Waals surface area contributed by atoms with E-state index in [1.165, 1.54) is 0 Å². The number of pyridine rings is 1. The maximum atomic E-state index is 12.3. The molecule has 2 atom stereocenters. The number of nitrogens with two attached hydrogens (primary N) is 1. The molecule has 1 fully saturated rings. The molecule has 1 aromatic heterocycles. The Kier molecular flexibility index (Phi) is 5.32. The number of anilines is 1. The van der Waals surface area contributed by atoms with Gasteiger partial charge in [-0.15, -0.1) is 0 Å². The van der Waals surface area contributed by atoms with Gasteiger partial charge in [0.2, 0.25) is 5.91 Å². The molecule has 1 aromatic rings. The van der Waals surface area contributed by atoms with Gasteiger partial charge < -0.3 is 21.1 Å². The minimum absolute atomic E-state index is 0.0228. The summed E-state index contributed by atoms with van der Waals surface area (Å²) in [5.74, 6) is -0.572. The number of amides is 1. The summed E-state index contributed by atoms with van der Waals surface area (Å²) in [6.45, 7) is 3.13. The Labute approximate surface area is 129 Å². The number of likely N-dealkylation sites (tertiary alicyclic amines) is 1. The topological polar surface area (TPSA) is 109 Å². The van der Waals surface area contributed by atoms with Crippen LogP contribution in [0.1, 0.15) is 25.0 Å². The Morgan fingerprint density at radius 2 is 2.32 bits per heavy atom. The quantitative estimate of drug-likeness (QED) is 0.710. The molecule has 7 nitrogen and oxygen atoms in total. The van der Waals surface area contributed by atoms with Crippen molar-refractivity contribution in [1.82, 2.24) is 9.88 Å². The molecule has 1 saturated heterocycles. The number of carboxylic acids is 1. The van der Waals surface area contributed by atoms with E-state index in [0.29, 0.717) is 13.1 Å². The number of hydrogen-bond donors (Lipinski definition) is 3. The second-order valence-electron chi connectivity index (χ2n) is 5.58. The maximum absolute atomic E-state index is 12.3. The van der Waals surface area contributed by atoms with Crippen LogP contribution >= 0.6 is 0 Å². The Morgan fingerprint density at radius 1 is 1.55 bits per heavy atom. The van der Waals surface area contributed by atoms with Crippen LogP contribution in [-0.2, 0) is 9.59 Å². The third kappa shape index (κ3) is 4.17. The van der Waals surface area contributed by atoms with E-state index in [2.05, 4.69) is 10.3 Å². The zero-order valence-corrected chi connectivity index (χ0v) is 12.7. The van der Waals surface area contributed by atoms with Gasteiger partial charge in [-0.05, 0) is 31.9 Å². The van der Waals surface area contributed by atoms with E-state index >= 15 is 0 Å². The van der Waals surface area contributed by atoms with Gasteiger partial charge >= 0.3 is 5.97 Å². The second-order valence-corrected chi connectivity index (χ2v) is 5.58. The van der Waals surface area contributed by atoms with Crippen LogP contribution in [0.15, 0.2) is 18.2 Å². The molecule has 1 amide bonds. The van der Waals surface area contributed by atoms with Crippen molar-refractivity contribution in [3.8, 4) is 0 Å². The van der Waals surface area contributed by atoms with Gasteiger partial charge in [0, 0.05) is 24.8 Å². The number of aryl methyl sites for hydroxylation is 1. The molecule has 0 aliphatic carbocycles. The zero-order chi connectivity index (χ0) is 16.1. The van der Waals surface area contributed by atoms with Crippen molar-refractivity contribution in [3.63, 3.8) is 0 Å². The van der Waals surface area contributed by atoms with Gasteiger partial charge in [-0.2, -0.15) is 0 Å². The van der Waals surface area contributed by atoms with Gasteiger partial charge in [-0.3, -0.25) is 9.59 Å². The lowest BCUT2D eigenvalue weighted by Crippen LogP contribution is -2.48. The summed E-state index contributed by atoms with van der Waals surface area (Å²) in [5.41, 5.74) is 6.61. The summed E-state index contributed by atoms with van der Waals surface area (Å²) in [5, 5.41) is 12.0. The van der Waals surface area contributed by atoms with Gasteiger partial charge in [0.1, 0.15) is 5.82 Å². The maximum Gasteiger partial charge on any atom is 0.305 e. The van der Waals surface area contributed by atoms with E-state index in [1.54, 1.807) is 4.90 Å². The predicted octanol–water partition coefficient (Wildman–Crippen LogP) is 0.595. The summed E-state index contributed by atoms with van der Waals surface area (Å²) in [6.07, 6.45) is 1.44. The summed E-state index contributed by atoms with van der Waals surface area (Å²) >= 11 is 0. The van der Waals surface area contributed by atoms with E-state index in [-0.39, 0.29) is 18.4 Å². The number of carbonyl (C=O) groups is 2. The van der Waals surface area contributed by atoms with Gasteiger partial charge in [0.15, 0.2) is 0 Å². The average Bonchev–Trinajstić information content (AvgIpc) is 2.92. The first-order valence-electron chi connectivity index (χ1n) is 7.42. The van der Waals surface area contributed by atoms with Crippen LogP contribution in [0.2, 0.25) is 0 Å². The molecule has 0 aromatic carbocycles. The average molecular weight is 306 g/mol. The third-order valence-electron chi connectivity index (χ3n) is 3.78. The summed E-state index contributed by atoms with van der Waals surface area (Å²) in [6, 6.07) is 4.77. The number of nitrogens with zero attached hydrogens (tertiary/aromatic N) is 2. The van der Waals surface area contributed by atoms with Crippen molar-refractivity contribution in [2.45, 2.75) is 38.3 Å². The van der Waals surface area contributed by atoms with Crippen molar-refractivity contribution >= 4 is 17.7 Å². The number of aromatic nitrogens is 1. The molecule has 0 spiro atoms. The van der Waals surface area contributed by atoms with E-state index in [9.17, 15) is 9.59 Å². The number of carbonyl (C=O) groups excluding carboxylic acids is 1. The Hall–Kier alpha value is -2.15. The van der Waals surface area contributed by atoms with Crippen LogP contribution in [-0.4, -0.2) is 52.0 Å². The molecule has 2 heterocycles. The molecule has 1 unspecified atom stereocenters. The second kappa shape index (κ2) is 7.22. The van der Waals surface area contributed by atoms with Crippen LogP contribution in [0.3, 0.4) is 0 Å². The fourth-order valence-electron chi connectivity index (χ4n) is 2.69. The first-order chi connectivity index (χ1) is 10.5. The fourth-order valence-corrected chi connectivity index (χ4v) is 2.69. The normalized spacial score (nSPS) is 19.0. The largest absolute Gasteiger partial charge is 0.481 e. The van der Waals surface area contributed by atoms with Gasteiger partial charge in [-0.25, -0.2) is 4.98 Å². The van der Waals surface area contributed by atoms with E-state index < -0.39 is 12.0 Å². The molecule has 0 bridgehead atoms. The molecule has 1 aliphatic rings. The lowest BCUT2D eigenvalue weighted by atomic mass is 10.1. The van der Waals surface area contributed by atoms with Crippen molar-refractivity contribution < 1.29 is 14.7 Å². The van der Waals surface area contributed by atoms with Crippen LogP contribution in [0, 0.1) is 6.92 Å². The van der Waals surface area contributed by atoms with E-state index in [0.717, 1.165) is 24.4 Å². The summed E-state index contributed by atoms with van der Waals surface area (Å²) in [7, 11) is 0. The van der Waals surface area contributed by atoms with E-state index in [1.807, 2.05) is 25.1 Å². The molecule has 120 valence electrons. The molecule has 0 saturated carbocycles. The molecule has 4 N–H and O–H groups in total. The molecular formula is C15H22N4O3. The molecule has 7 heteroatoms. The number of nitrogens with one attached hydrogen (secondary N) is 1. The minimum atomic E-state index is -1.06. The summed E-state index contributed by atoms with van der Waals surface area (Å²) < 4.78 is 0. The van der Waals surface area contributed by atoms with Gasteiger partial charge in [0.05, 0.1) is 12.5 Å². The number of carboxylic acid groups (broad SMARTS) is 1. The minimum Gasteiger partial charge on any atom is -0.481 e. The van der Waals surface area contributed by atoms with Crippen molar-refractivity contribution in [2.24, 2.45) is 5.73 Å². The Morgan fingerprint density at radius 3 is 3.00 bits per heavy atom. The number of aliphatic carboxylic acids is 1. The highest BCUT2D eigenvalue weighted by Crippen LogP contribution is 2.19. The Balaban J connectivity index is 1.93. The highest BCUT2D eigenvalue weighted by molar-refractivity contribution is 5.86. The van der Waals surface area contributed by atoms with Crippen molar-refractivity contribution in [2.75, 3.05) is 18.4 Å². The molecule has 0 radical (unpaired) electrons. The molecule has 2 rings (SSSR count). The highest BCUT2D eigenvalue weighted by Gasteiger charge is 2.32. The predicted molar refractivity (Wildman–Crippen MR) is 82.4 cm³/mol. The first kappa shape index (κ1) is 16.2. The lowest BCUT2D eigenvalue weighted by molar-refractivity contribution is -0.142. The molecule has 22 heavy (non-hydrogen) atoms. The highest BCUT2D eigenvalue weighted by atomic mass is 16.4. The molecule has 1 aliphatic heterocycles. The SMILES string of the molecule is Cc1cccc(NCC2CCCN2C(=O)[C@@H](N)CC(=O)O)n1. The molecular weight excluding hydrogens is 284 g/mol. The van der Waals surface area contributed by atoms with Crippen molar-refractivity contribution in [3.05, 3.63) is 23.9 Å².